The van der Waals surface area contributed by atoms with E-state index in [9.17, 15) is 5.11 Å². The zero-order chi connectivity index (χ0) is 13.7. The van der Waals surface area contributed by atoms with E-state index in [2.05, 4.69) is 35.1 Å². The first-order valence-corrected chi connectivity index (χ1v) is 6.91. The van der Waals surface area contributed by atoms with Gasteiger partial charge in [0.1, 0.15) is 5.82 Å². The molecule has 2 rings (SSSR count). The summed E-state index contributed by atoms with van der Waals surface area (Å²) < 4.78 is 5.46. The van der Waals surface area contributed by atoms with Crippen LogP contribution in [0.1, 0.15) is 25.5 Å². The van der Waals surface area contributed by atoms with Gasteiger partial charge in [-0.05, 0) is 31.2 Å². The standard InChI is InChI=1S/C14H23N3O2/c1-3-15-11(2)12-4-5-16-14(8-12)17-6-7-19-13(9-17)10-18/h4-5,8,11,13,15,18H,3,6-7,9-10H2,1-2H3. The minimum atomic E-state index is -0.106. The van der Waals surface area contributed by atoms with E-state index in [-0.39, 0.29) is 12.7 Å². The van der Waals surface area contributed by atoms with Gasteiger partial charge in [0.25, 0.3) is 0 Å². The molecule has 1 aromatic heterocycles. The molecule has 0 bridgehead atoms. The Morgan fingerprint density at radius 3 is 3.21 bits per heavy atom. The van der Waals surface area contributed by atoms with Crippen molar-refractivity contribution in [1.29, 1.82) is 0 Å². The molecule has 0 aromatic carbocycles. The number of hydrogen-bond donors (Lipinski definition) is 2. The number of anilines is 1. The van der Waals surface area contributed by atoms with Gasteiger partial charge in [-0.2, -0.15) is 0 Å². The monoisotopic (exact) mass is 265 g/mol. The Kier molecular flexibility index (Phi) is 5.13. The van der Waals surface area contributed by atoms with Crippen LogP contribution in [0.15, 0.2) is 18.3 Å². The Balaban J connectivity index is 2.09. The van der Waals surface area contributed by atoms with Crippen LogP contribution in [0.2, 0.25) is 0 Å². The van der Waals surface area contributed by atoms with Crippen molar-refractivity contribution < 1.29 is 9.84 Å². The summed E-state index contributed by atoms with van der Waals surface area (Å²) in [6.45, 7) is 7.42. The van der Waals surface area contributed by atoms with E-state index < -0.39 is 0 Å². The van der Waals surface area contributed by atoms with Crippen molar-refractivity contribution in [2.75, 3.05) is 37.7 Å². The number of aliphatic hydroxyl groups excluding tert-OH is 1. The van der Waals surface area contributed by atoms with Crippen molar-refractivity contribution in [3.63, 3.8) is 0 Å². The summed E-state index contributed by atoms with van der Waals surface area (Å²) >= 11 is 0. The van der Waals surface area contributed by atoms with Gasteiger partial charge in [0.05, 0.1) is 19.3 Å². The number of pyridine rings is 1. The van der Waals surface area contributed by atoms with E-state index in [0.29, 0.717) is 19.2 Å². The van der Waals surface area contributed by atoms with Crippen LogP contribution >= 0.6 is 0 Å². The van der Waals surface area contributed by atoms with E-state index in [4.69, 9.17) is 4.74 Å². The Hall–Kier alpha value is -1.17. The fourth-order valence-electron chi connectivity index (χ4n) is 2.34. The smallest absolute Gasteiger partial charge is 0.128 e. The number of aliphatic hydroxyl groups is 1. The predicted octanol–water partition coefficient (Wildman–Crippen LogP) is 0.950. The molecule has 1 saturated heterocycles. The number of rotatable bonds is 5. The van der Waals surface area contributed by atoms with Gasteiger partial charge in [0, 0.05) is 25.3 Å². The molecule has 2 N–H and O–H groups in total. The maximum atomic E-state index is 9.19. The Morgan fingerprint density at radius 2 is 2.47 bits per heavy atom. The maximum absolute atomic E-state index is 9.19. The van der Waals surface area contributed by atoms with Crippen molar-refractivity contribution in [2.24, 2.45) is 0 Å². The molecule has 2 atom stereocenters. The van der Waals surface area contributed by atoms with Crippen LogP contribution in [0, 0.1) is 0 Å². The highest BCUT2D eigenvalue weighted by Gasteiger charge is 2.21. The summed E-state index contributed by atoms with van der Waals surface area (Å²) in [5.41, 5.74) is 1.24. The lowest BCUT2D eigenvalue weighted by atomic mass is 10.1. The summed E-state index contributed by atoms with van der Waals surface area (Å²) in [5.74, 6) is 0.962. The van der Waals surface area contributed by atoms with Crippen LogP contribution in [-0.2, 0) is 4.74 Å². The van der Waals surface area contributed by atoms with Gasteiger partial charge in [0.15, 0.2) is 0 Å². The summed E-state index contributed by atoms with van der Waals surface area (Å²) in [6.07, 6.45) is 1.74. The van der Waals surface area contributed by atoms with Gasteiger partial charge in [0.2, 0.25) is 0 Å². The average molecular weight is 265 g/mol. The third-order valence-corrected chi connectivity index (χ3v) is 3.45. The first kappa shape index (κ1) is 14.2. The van der Waals surface area contributed by atoms with Gasteiger partial charge in [-0.25, -0.2) is 4.98 Å². The molecule has 1 aliphatic heterocycles. The summed E-state index contributed by atoms with van der Waals surface area (Å²) in [5, 5.41) is 12.6. The minimum Gasteiger partial charge on any atom is -0.394 e. The summed E-state index contributed by atoms with van der Waals surface area (Å²) in [7, 11) is 0. The van der Waals surface area contributed by atoms with Crippen LogP contribution in [0.25, 0.3) is 0 Å². The van der Waals surface area contributed by atoms with E-state index in [1.165, 1.54) is 5.56 Å². The fourth-order valence-corrected chi connectivity index (χ4v) is 2.34. The molecule has 0 aliphatic carbocycles. The van der Waals surface area contributed by atoms with Crippen LogP contribution in [-0.4, -0.2) is 49.0 Å². The van der Waals surface area contributed by atoms with Crippen LogP contribution in [0.5, 0.6) is 0 Å². The normalized spacial score (nSPS) is 21.4. The molecule has 106 valence electrons. The zero-order valence-electron chi connectivity index (χ0n) is 11.7. The number of aromatic nitrogens is 1. The molecular formula is C14H23N3O2. The van der Waals surface area contributed by atoms with Gasteiger partial charge in [-0.3, -0.25) is 0 Å². The molecule has 0 radical (unpaired) electrons. The van der Waals surface area contributed by atoms with Crippen molar-refractivity contribution in [3.05, 3.63) is 23.9 Å². The van der Waals surface area contributed by atoms with Gasteiger partial charge < -0.3 is 20.1 Å². The Labute approximate surface area is 114 Å². The van der Waals surface area contributed by atoms with Gasteiger partial charge in [-0.1, -0.05) is 6.92 Å². The number of nitrogens with zero attached hydrogens (tertiary/aromatic N) is 2. The van der Waals surface area contributed by atoms with Crippen molar-refractivity contribution in [2.45, 2.75) is 26.0 Å². The van der Waals surface area contributed by atoms with E-state index in [1.54, 1.807) is 0 Å². The number of morpholine rings is 1. The molecule has 0 amide bonds. The summed E-state index contributed by atoms with van der Waals surface area (Å²) in [6, 6.07) is 4.48. The zero-order valence-corrected chi connectivity index (χ0v) is 11.7. The van der Waals surface area contributed by atoms with Gasteiger partial charge in [-0.15, -0.1) is 0 Å². The third kappa shape index (κ3) is 3.65. The first-order chi connectivity index (χ1) is 9.24. The van der Waals surface area contributed by atoms with E-state index >= 15 is 0 Å². The van der Waals surface area contributed by atoms with Crippen molar-refractivity contribution >= 4 is 5.82 Å². The molecule has 1 fully saturated rings. The van der Waals surface area contributed by atoms with Crippen LogP contribution < -0.4 is 10.2 Å². The average Bonchev–Trinajstić information content (AvgIpc) is 2.48. The molecule has 2 heterocycles. The molecule has 0 spiro atoms. The van der Waals surface area contributed by atoms with Crippen LogP contribution in [0.3, 0.4) is 0 Å². The second-order valence-electron chi connectivity index (χ2n) is 4.85. The number of nitrogens with one attached hydrogen (secondary N) is 1. The molecule has 0 saturated carbocycles. The highest BCUT2D eigenvalue weighted by Crippen LogP contribution is 2.20. The van der Waals surface area contributed by atoms with Crippen LogP contribution in [0.4, 0.5) is 5.82 Å². The second kappa shape index (κ2) is 6.84. The molecule has 19 heavy (non-hydrogen) atoms. The van der Waals surface area contributed by atoms with Crippen molar-refractivity contribution in [1.82, 2.24) is 10.3 Å². The molecule has 5 heteroatoms. The molecule has 1 aliphatic rings. The number of ether oxygens (including phenoxy) is 1. The van der Waals surface area contributed by atoms with E-state index in [0.717, 1.165) is 18.9 Å². The lowest BCUT2D eigenvalue weighted by Crippen LogP contribution is -2.44. The first-order valence-electron chi connectivity index (χ1n) is 6.91. The number of hydrogen-bond acceptors (Lipinski definition) is 5. The topological polar surface area (TPSA) is 57.6 Å². The third-order valence-electron chi connectivity index (χ3n) is 3.45. The predicted molar refractivity (Wildman–Crippen MR) is 75.4 cm³/mol. The minimum absolute atomic E-state index is 0.0595. The molecule has 2 unspecified atom stereocenters. The second-order valence-corrected chi connectivity index (χ2v) is 4.85. The highest BCUT2D eigenvalue weighted by molar-refractivity contribution is 5.42. The molecular weight excluding hydrogens is 242 g/mol. The maximum Gasteiger partial charge on any atom is 0.128 e. The Bertz CT molecular complexity index is 400. The van der Waals surface area contributed by atoms with Crippen molar-refractivity contribution in [3.8, 4) is 0 Å². The lowest BCUT2D eigenvalue weighted by Gasteiger charge is -2.33. The molecule has 5 nitrogen and oxygen atoms in total. The largest absolute Gasteiger partial charge is 0.394 e. The van der Waals surface area contributed by atoms with E-state index in [1.807, 2.05) is 12.3 Å². The fraction of sp³-hybridized carbons (Fsp3) is 0.643. The Morgan fingerprint density at radius 1 is 1.63 bits per heavy atom. The lowest BCUT2D eigenvalue weighted by molar-refractivity contribution is 0.00336. The summed E-state index contributed by atoms with van der Waals surface area (Å²) in [4.78, 5) is 6.61. The highest BCUT2D eigenvalue weighted by atomic mass is 16.5. The quantitative estimate of drug-likeness (QED) is 0.830. The SMILES string of the molecule is CCNC(C)c1ccnc(N2CCOC(CO)C2)c1. The van der Waals surface area contributed by atoms with Gasteiger partial charge >= 0.3 is 0 Å². The molecule has 1 aromatic rings.